The van der Waals surface area contributed by atoms with Crippen molar-refractivity contribution in [3.05, 3.63) is 110 Å². The van der Waals surface area contributed by atoms with E-state index in [9.17, 15) is 18.8 Å². The number of carbonyl (C=O) groups excluding carboxylic acids is 1. The summed E-state index contributed by atoms with van der Waals surface area (Å²) in [7, 11) is 0. The highest BCUT2D eigenvalue weighted by Crippen LogP contribution is 2.21. The van der Waals surface area contributed by atoms with Crippen molar-refractivity contribution in [1.82, 2.24) is 14.5 Å². The number of benzene rings is 3. The van der Waals surface area contributed by atoms with Crippen LogP contribution in [0.3, 0.4) is 0 Å². The number of nitrogens with one attached hydrogen (secondary N) is 1. The van der Waals surface area contributed by atoms with Gasteiger partial charge in [0.05, 0.1) is 16.6 Å². The molecule has 0 aliphatic carbocycles. The lowest BCUT2D eigenvalue weighted by atomic mass is 10.1. The summed E-state index contributed by atoms with van der Waals surface area (Å²) in [6.45, 7) is 3.82. The molecule has 0 saturated heterocycles. The number of carbonyl (C=O) groups is 1. The average molecular weight is 480 g/mol. The summed E-state index contributed by atoms with van der Waals surface area (Å²) in [5, 5.41) is 3.43. The Balaban J connectivity index is 1.86. The molecule has 1 N–H and O–H groups in total. The lowest BCUT2D eigenvalue weighted by molar-refractivity contribution is -0.124. The summed E-state index contributed by atoms with van der Waals surface area (Å²) in [5.41, 5.74) is 1.19. The van der Waals surface area contributed by atoms with E-state index in [1.807, 2.05) is 13.0 Å². The van der Waals surface area contributed by atoms with E-state index in [4.69, 9.17) is 11.6 Å². The molecule has 1 atom stereocenters. The molecule has 0 unspecified atom stereocenters. The van der Waals surface area contributed by atoms with Crippen molar-refractivity contribution in [2.24, 2.45) is 0 Å². The maximum absolute atomic E-state index is 13.7. The SMILES string of the molecule is CC[C@@H](C(=O)NCc1ccc(F)cc1)n1c(=O)n(-c2cccc(C)c2)c(=O)c2ccc(Cl)cc21. The minimum Gasteiger partial charge on any atom is -0.350 e. The Morgan fingerprint density at radius 2 is 1.79 bits per heavy atom. The van der Waals surface area contributed by atoms with Gasteiger partial charge >= 0.3 is 5.69 Å². The molecule has 3 aromatic carbocycles. The quantitative estimate of drug-likeness (QED) is 0.442. The van der Waals surface area contributed by atoms with Gasteiger partial charge in [0.2, 0.25) is 5.91 Å². The zero-order chi connectivity index (χ0) is 24.4. The molecule has 0 aliphatic rings. The van der Waals surface area contributed by atoms with Gasteiger partial charge in [0, 0.05) is 11.6 Å². The zero-order valence-electron chi connectivity index (χ0n) is 18.7. The third kappa shape index (κ3) is 4.52. The third-order valence-corrected chi connectivity index (χ3v) is 5.93. The normalized spacial score (nSPS) is 12.0. The Morgan fingerprint density at radius 1 is 1.06 bits per heavy atom. The molecule has 0 fully saturated rings. The molecule has 1 aromatic heterocycles. The van der Waals surface area contributed by atoms with Crippen LogP contribution in [0.5, 0.6) is 0 Å². The molecule has 0 radical (unpaired) electrons. The highest BCUT2D eigenvalue weighted by molar-refractivity contribution is 6.31. The van der Waals surface area contributed by atoms with E-state index in [1.165, 1.54) is 22.8 Å². The Bertz CT molecular complexity index is 1490. The summed E-state index contributed by atoms with van der Waals surface area (Å²) >= 11 is 6.20. The Hall–Kier alpha value is -3.71. The van der Waals surface area contributed by atoms with Gasteiger partial charge in [-0.2, -0.15) is 0 Å². The maximum Gasteiger partial charge on any atom is 0.336 e. The summed E-state index contributed by atoms with van der Waals surface area (Å²) in [6, 6.07) is 16.6. The number of nitrogens with zero attached hydrogens (tertiary/aromatic N) is 2. The molecule has 0 bridgehead atoms. The second-order valence-corrected chi connectivity index (χ2v) is 8.50. The molecule has 4 aromatic rings. The number of hydrogen-bond acceptors (Lipinski definition) is 3. The largest absolute Gasteiger partial charge is 0.350 e. The topological polar surface area (TPSA) is 73.1 Å². The van der Waals surface area contributed by atoms with Crippen LogP contribution in [-0.2, 0) is 11.3 Å². The van der Waals surface area contributed by atoms with Crippen LogP contribution >= 0.6 is 11.6 Å². The minimum atomic E-state index is -0.898. The van der Waals surface area contributed by atoms with Crippen molar-refractivity contribution in [2.45, 2.75) is 32.9 Å². The Morgan fingerprint density at radius 3 is 2.47 bits per heavy atom. The lowest BCUT2D eigenvalue weighted by Crippen LogP contribution is -2.44. The highest BCUT2D eigenvalue weighted by Gasteiger charge is 2.25. The molecule has 0 spiro atoms. The van der Waals surface area contributed by atoms with Gasteiger partial charge in [-0.15, -0.1) is 0 Å². The van der Waals surface area contributed by atoms with Gasteiger partial charge < -0.3 is 5.32 Å². The lowest BCUT2D eigenvalue weighted by Gasteiger charge is -2.22. The van der Waals surface area contributed by atoms with Crippen molar-refractivity contribution < 1.29 is 9.18 Å². The van der Waals surface area contributed by atoms with Crippen LogP contribution in [0, 0.1) is 12.7 Å². The average Bonchev–Trinajstić information content (AvgIpc) is 2.81. The standard InChI is InChI=1S/C26H23ClFN3O3/c1-3-22(24(32)29-15-17-7-10-19(28)11-8-17)31-23-14-18(27)9-12-21(23)25(33)30(26(31)34)20-6-4-5-16(2)13-20/h4-14,22H,3,15H2,1-2H3,(H,29,32)/t22-/m0/s1. The van der Waals surface area contributed by atoms with Crippen LogP contribution in [0.2, 0.25) is 5.02 Å². The summed E-state index contributed by atoms with van der Waals surface area (Å²) in [6.07, 6.45) is 0.294. The van der Waals surface area contributed by atoms with Crippen LogP contribution in [-0.4, -0.2) is 15.0 Å². The number of amides is 1. The highest BCUT2D eigenvalue weighted by atomic mass is 35.5. The molecular formula is C26H23ClFN3O3. The van der Waals surface area contributed by atoms with E-state index in [0.717, 1.165) is 15.7 Å². The molecule has 6 nitrogen and oxygen atoms in total. The van der Waals surface area contributed by atoms with Crippen LogP contribution in [0.25, 0.3) is 16.6 Å². The number of aryl methyl sites for hydroxylation is 1. The maximum atomic E-state index is 13.7. The van der Waals surface area contributed by atoms with E-state index >= 15 is 0 Å². The first kappa shape index (κ1) is 23.4. The monoisotopic (exact) mass is 479 g/mol. The molecule has 8 heteroatoms. The molecule has 174 valence electrons. The van der Waals surface area contributed by atoms with E-state index in [1.54, 1.807) is 49.4 Å². The van der Waals surface area contributed by atoms with Gasteiger partial charge in [0.25, 0.3) is 5.56 Å². The van der Waals surface area contributed by atoms with Crippen molar-refractivity contribution in [1.29, 1.82) is 0 Å². The smallest absolute Gasteiger partial charge is 0.336 e. The van der Waals surface area contributed by atoms with Gasteiger partial charge in [0.15, 0.2) is 0 Å². The van der Waals surface area contributed by atoms with Crippen LogP contribution < -0.4 is 16.6 Å². The van der Waals surface area contributed by atoms with Crippen molar-refractivity contribution in [2.75, 3.05) is 0 Å². The summed E-state index contributed by atoms with van der Waals surface area (Å²) in [5.74, 6) is -0.764. The van der Waals surface area contributed by atoms with E-state index in [0.29, 0.717) is 17.1 Å². The van der Waals surface area contributed by atoms with E-state index in [-0.39, 0.29) is 23.3 Å². The number of rotatable bonds is 6. The van der Waals surface area contributed by atoms with Crippen molar-refractivity contribution >= 4 is 28.4 Å². The van der Waals surface area contributed by atoms with Crippen LogP contribution in [0.1, 0.15) is 30.5 Å². The number of hydrogen-bond donors (Lipinski definition) is 1. The Labute approximate surface area is 200 Å². The predicted molar refractivity (Wildman–Crippen MR) is 131 cm³/mol. The molecular weight excluding hydrogens is 457 g/mol. The minimum absolute atomic E-state index is 0.167. The summed E-state index contributed by atoms with van der Waals surface area (Å²) < 4.78 is 15.6. The molecule has 4 rings (SSSR count). The summed E-state index contributed by atoms with van der Waals surface area (Å²) in [4.78, 5) is 40.2. The zero-order valence-corrected chi connectivity index (χ0v) is 19.5. The Kier molecular flexibility index (Phi) is 6.65. The van der Waals surface area contributed by atoms with Gasteiger partial charge in [-0.1, -0.05) is 42.8 Å². The molecule has 1 heterocycles. The molecule has 1 amide bonds. The molecule has 34 heavy (non-hydrogen) atoms. The number of fused-ring (bicyclic) bond motifs is 1. The van der Waals surface area contributed by atoms with Gasteiger partial charge in [-0.25, -0.2) is 13.8 Å². The van der Waals surface area contributed by atoms with Crippen LogP contribution in [0.4, 0.5) is 4.39 Å². The first-order valence-corrected chi connectivity index (χ1v) is 11.2. The van der Waals surface area contributed by atoms with Gasteiger partial charge in [-0.05, 0) is 66.9 Å². The molecule has 0 saturated carbocycles. The first-order chi connectivity index (χ1) is 16.3. The molecule has 0 aliphatic heterocycles. The van der Waals surface area contributed by atoms with Crippen molar-refractivity contribution in [3.63, 3.8) is 0 Å². The third-order valence-electron chi connectivity index (χ3n) is 5.69. The first-order valence-electron chi connectivity index (χ1n) is 10.9. The van der Waals surface area contributed by atoms with E-state index in [2.05, 4.69) is 5.32 Å². The number of halogens is 2. The second-order valence-electron chi connectivity index (χ2n) is 8.06. The number of aromatic nitrogens is 2. The van der Waals surface area contributed by atoms with Gasteiger partial charge in [-0.3, -0.25) is 14.2 Å². The van der Waals surface area contributed by atoms with Crippen LogP contribution in [0.15, 0.2) is 76.3 Å². The van der Waals surface area contributed by atoms with Crippen molar-refractivity contribution in [3.8, 4) is 5.69 Å². The van der Waals surface area contributed by atoms with Gasteiger partial charge in [0.1, 0.15) is 11.9 Å². The predicted octanol–water partition coefficient (Wildman–Crippen LogP) is 4.52. The van der Waals surface area contributed by atoms with E-state index < -0.39 is 23.2 Å². The second kappa shape index (κ2) is 9.65. The fraction of sp³-hybridized carbons (Fsp3) is 0.192. The fourth-order valence-corrected chi connectivity index (χ4v) is 4.16. The fourth-order valence-electron chi connectivity index (χ4n) is 3.99.